The molecule has 2 rings (SSSR count). The smallest absolute Gasteiger partial charge is 0.251 e. The molecule has 0 aliphatic rings. The minimum atomic E-state index is -0.156. The van der Waals surface area contributed by atoms with Gasteiger partial charge in [-0.1, -0.05) is 20.8 Å². The van der Waals surface area contributed by atoms with Crippen LogP contribution < -0.4 is 10.1 Å². The van der Waals surface area contributed by atoms with E-state index in [4.69, 9.17) is 4.74 Å². The summed E-state index contributed by atoms with van der Waals surface area (Å²) < 4.78 is 5.66. The number of carbonyl (C=O) groups excluding carboxylic acids is 1. The molecule has 2 N–H and O–H groups in total. The molecule has 0 aliphatic carbocycles. The number of hydrogen-bond acceptors (Lipinski definition) is 4. The lowest BCUT2D eigenvalue weighted by Gasteiger charge is -2.31. The summed E-state index contributed by atoms with van der Waals surface area (Å²) in [7, 11) is 0. The first-order valence-corrected chi connectivity index (χ1v) is 8.00. The minimum Gasteiger partial charge on any atom is -0.456 e. The van der Waals surface area contributed by atoms with Crippen LogP contribution in [0.3, 0.4) is 0 Å². The zero-order valence-corrected chi connectivity index (χ0v) is 14.3. The first-order chi connectivity index (χ1) is 11.4. The summed E-state index contributed by atoms with van der Waals surface area (Å²) in [5, 5.41) is 12.2. The number of pyridine rings is 1. The Balaban J connectivity index is 2.03. The molecule has 1 atom stereocenters. The van der Waals surface area contributed by atoms with E-state index in [0.29, 0.717) is 23.5 Å². The van der Waals surface area contributed by atoms with Crippen LogP contribution in [0.15, 0.2) is 48.8 Å². The van der Waals surface area contributed by atoms with Crippen LogP contribution in [0.4, 0.5) is 0 Å². The predicted octanol–water partition coefficient (Wildman–Crippen LogP) is 3.40. The van der Waals surface area contributed by atoms with Gasteiger partial charge in [0.25, 0.3) is 5.91 Å². The molecule has 0 saturated heterocycles. The van der Waals surface area contributed by atoms with Gasteiger partial charge in [0.05, 0.1) is 6.20 Å². The third-order valence-electron chi connectivity index (χ3n) is 3.76. The van der Waals surface area contributed by atoms with Crippen LogP contribution in [-0.4, -0.2) is 28.6 Å². The Morgan fingerprint density at radius 1 is 1.21 bits per heavy atom. The molecule has 5 heteroatoms. The maximum Gasteiger partial charge on any atom is 0.251 e. The van der Waals surface area contributed by atoms with E-state index < -0.39 is 0 Å². The van der Waals surface area contributed by atoms with Gasteiger partial charge in [-0.2, -0.15) is 0 Å². The average molecular weight is 328 g/mol. The zero-order chi connectivity index (χ0) is 17.6. The van der Waals surface area contributed by atoms with E-state index in [1.165, 1.54) is 0 Å². The highest BCUT2D eigenvalue weighted by atomic mass is 16.5. The van der Waals surface area contributed by atoms with Crippen molar-refractivity contribution in [3.05, 3.63) is 54.4 Å². The highest BCUT2D eigenvalue weighted by molar-refractivity contribution is 5.94. The van der Waals surface area contributed by atoms with Crippen molar-refractivity contribution < 1.29 is 14.6 Å². The molecular formula is C19H24N2O3. The summed E-state index contributed by atoms with van der Waals surface area (Å²) >= 11 is 0. The Kier molecular flexibility index (Phi) is 5.93. The number of amides is 1. The van der Waals surface area contributed by atoms with Gasteiger partial charge < -0.3 is 15.2 Å². The van der Waals surface area contributed by atoms with E-state index in [1.807, 2.05) is 26.8 Å². The molecule has 1 aromatic carbocycles. The van der Waals surface area contributed by atoms with Gasteiger partial charge in [-0.25, -0.2) is 0 Å². The minimum absolute atomic E-state index is 0.0418. The molecule has 5 nitrogen and oxygen atoms in total. The van der Waals surface area contributed by atoms with Gasteiger partial charge in [-0.05, 0) is 48.2 Å². The van der Waals surface area contributed by atoms with Gasteiger partial charge in [0, 0.05) is 24.4 Å². The second-order valence-electron chi connectivity index (χ2n) is 6.72. The van der Waals surface area contributed by atoms with Crippen LogP contribution in [0, 0.1) is 5.41 Å². The fourth-order valence-electron chi connectivity index (χ4n) is 2.31. The van der Waals surface area contributed by atoms with Gasteiger partial charge in [-0.15, -0.1) is 0 Å². The summed E-state index contributed by atoms with van der Waals surface area (Å²) in [6, 6.07) is 10.5. The van der Waals surface area contributed by atoms with Gasteiger partial charge in [-0.3, -0.25) is 9.78 Å². The molecule has 24 heavy (non-hydrogen) atoms. The molecule has 0 spiro atoms. The first-order valence-electron chi connectivity index (χ1n) is 8.00. The monoisotopic (exact) mass is 328 g/mol. The molecule has 128 valence electrons. The van der Waals surface area contributed by atoms with E-state index in [-0.39, 0.29) is 24.0 Å². The number of hydrogen-bond donors (Lipinski definition) is 2. The van der Waals surface area contributed by atoms with Crippen LogP contribution in [0.5, 0.6) is 11.5 Å². The van der Waals surface area contributed by atoms with Crippen molar-refractivity contribution in [2.45, 2.75) is 33.2 Å². The molecule has 2 aromatic rings. The molecule has 0 radical (unpaired) electrons. The Hall–Kier alpha value is -2.40. The van der Waals surface area contributed by atoms with E-state index in [2.05, 4.69) is 10.3 Å². The van der Waals surface area contributed by atoms with Crippen molar-refractivity contribution in [1.82, 2.24) is 10.3 Å². The summed E-state index contributed by atoms with van der Waals surface area (Å²) in [4.78, 5) is 16.4. The number of aliphatic hydroxyl groups excluding tert-OH is 1. The molecule has 1 amide bonds. The van der Waals surface area contributed by atoms with Crippen molar-refractivity contribution in [2.75, 3.05) is 6.61 Å². The number of rotatable bonds is 6. The highest BCUT2D eigenvalue weighted by Crippen LogP contribution is 2.23. The maximum absolute atomic E-state index is 12.4. The molecule has 0 bridgehead atoms. The van der Waals surface area contributed by atoms with Crippen molar-refractivity contribution in [1.29, 1.82) is 0 Å². The normalized spacial score (nSPS) is 12.5. The number of ether oxygens (including phenoxy) is 1. The van der Waals surface area contributed by atoms with E-state index in [1.54, 1.807) is 42.7 Å². The van der Waals surface area contributed by atoms with Gasteiger partial charge in [0.15, 0.2) is 0 Å². The first kappa shape index (κ1) is 17.9. The molecular weight excluding hydrogens is 304 g/mol. The second kappa shape index (κ2) is 7.93. The SMILES string of the molecule is CC(C)(C)C(CCO)NC(=O)c1ccc(Oc2cccnc2)cc1. The number of carbonyl (C=O) groups is 1. The standard InChI is InChI=1S/C19H24N2O3/c1-19(2,3)17(10-12-22)21-18(23)14-6-8-15(9-7-14)24-16-5-4-11-20-13-16/h4-9,11,13,17,22H,10,12H2,1-3H3,(H,21,23). The third-order valence-corrected chi connectivity index (χ3v) is 3.76. The quantitative estimate of drug-likeness (QED) is 0.852. The van der Waals surface area contributed by atoms with Crippen molar-refractivity contribution in [3.63, 3.8) is 0 Å². The highest BCUT2D eigenvalue weighted by Gasteiger charge is 2.26. The lowest BCUT2D eigenvalue weighted by atomic mass is 9.85. The number of benzene rings is 1. The topological polar surface area (TPSA) is 71.5 Å². The van der Waals surface area contributed by atoms with E-state index in [0.717, 1.165) is 0 Å². The van der Waals surface area contributed by atoms with Crippen molar-refractivity contribution in [2.24, 2.45) is 5.41 Å². The maximum atomic E-state index is 12.4. The zero-order valence-electron chi connectivity index (χ0n) is 14.3. The lowest BCUT2D eigenvalue weighted by molar-refractivity contribution is 0.0885. The number of aromatic nitrogens is 1. The largest absolute Gasteiger partial charge is 0.456 e. The number of nitrogens with zero attached hydrogens (tertiary/aromatic N) is 1. The summed E-state index contributed by atoms with van der Waals surface area (Å²) in [6.45, 7) is 6.16. The van der Waals surface area contributed by atoms with Crippen LogP contribution >= 0.6 is 0 Å². The Morgan fingerprint density at radius 3 is 2.46 bits per heavy atom. The molecule has 1 heterocycles. The molecule has 1 aromatic heterocycles. The van der Waals surface area contributed by atoms with Crippen LogP contribution in [0.1, 0.15) is 37.6 Å². The van der Waals surface area contributed by atoms with E-state index >= 15 is 0 Å². The summed E-state index contributed by atoms with van der Waals surface area (Å²) in [5.74, 6) is 1.13. The van der Waals surface area contributed by atoms with E-state index in [9.17, 15) is 9.90 Å². The van der Waals surface area contributed by atoms with Gasteiger partial charge >= 0.3 is 0 Å². The number of nitrogens with one attached hydrogen (secondary N) is 1. The molecule has 0 fully saturated rings. The average Bonchev–Trinajstić information content (AvgIpc) is 2.55. The van der Waals surface area contributed by atoms with Crippen molar-refractivity contribution >= 4 is 5.91 Å². The Bertz CT molecular complexity index is 649. The predicted molar refractivity (Wildman–Crippen MR) is 93.2 cm³/mol. The molecule has 1 unspecified atom stereocenters. The Labute approximate surface area is 142 Å². The summed E-state index contributed by atoms with van der Waals surface area (Å²) in [5.41, 5.74) is 0.433. The number of aliphatic hydroxyl groups is 1. The van der Waals surface area contributed by atoms with Gasteiger partial charge in [0.1, 0.15) is 11.5 Å². The molecule has 0 saturated carbocycles. The third kappa shape index (κ3) is 5.06. The van der Waals surface area contributed by atoms with Crippen LogP contribution in [0.2, 0.25) is 0 Å². The second-order valence-corrected chi connectivity index (χ2v) is 6.72. The van der Waals surface area contributed by atoms with Crippen LogP contribution in [0.25, 0.3) is 0 Å². The van der Waals surface area contributed by atoms with Crippen LogP contribution in [-0.2, 0) is 0 Å². The van der Waals surface area contributed by atoms with Gasteiger partial charge in [0.2, 0.25) is 0 Å². The molecule has 0 aliphatic heterocycles. The fourth-order valence-corrected chi connectivity index (χ4v) is 2.31. The fraction of sp³-hybridized carbons (Fsp3) is 0.368. The Morgan fingerprint density at radius 2 is 1.92 bits per heavy atom. The van der Waals surface area contributed by atoms with Crippen molar-refractivity contribution in [3.8, 4) is 11.5 Å². The lowest BCUT2D eigenvalue weighted by Crippen LogP contribution is -2.44. The summed E-state index contributed by atoms with van der Waals surface area (Å²) in [6.07, 6.45) is 3.83.